The summed E-state index contributed by atoms with van der Waals surface area (Å²) in [5, 5.41) is 6.77. The first-order valence-corrected chi connectivity index (χ1v) is 10.2. The Bertz CT molecular complexity index is 710. The number of hydrogen-bond donors (Lipinski definition) is 2. The fourth-order valence-electron chi connectivity index (χ4n) is 3.01. The zero-order chi connectivity index (χ0) is 20.2. The highest BCUT2D eigenvalue weighted by molar-refractivity contribution is 5.79. The Balaban J connectivity index is 1.44. The topological polar surface area (TPSA) is 77.2 Å². The van der Waals surface area contributed by atoms with Crippen molar-refractivity contribution >= 4 is 5.96 Å². The molecule has 1 aromatic carbocycles. The minimum absolute atomic E-state index is 0.254. The second-order valence-corrected chi connectivity index (χ2v) is 6.91. The highest BCUT2D eigenvalue weighted by Gasteiger charge is 2.15. The number of ether oxygens (including phenoxy) is 3. The molecule has 0 bridgehead atoms. The molecule has 0 saturated carbocycles. The van der Waals surface area contributed by atoms with E-state index in [0.717, 1.165) is 75.2 Å². The number of methoxy groups -OCH3 is 1. The molecular weight excluding hydrogens is 370 g/mol. The molecule has 1 aliphatic rings. The average molecular weight is 402 g/mol. The molecule has 7 nitrogen and oxygen atoms in total. The number of guanidine groups is 1. The predicted octanol–water partition coefficient (Wildman–Crippen LogP) is 2.76. The van der Waals surface area contributed by atoms with Gasteiger partial charge in [0.15, 0.2) is 5.96 Å². The molecule has 0 amide bonds. The van der Waals surface area contributed by atoms with Crippen LogP contribution < -0.4 is 15.4 Å². The normalized spacial score (nSPS) is 16.7. The van der Waals surface area contributed by atoms with E-state index in [1.54, 1.807) is 13.4 Å². The number of hydrogen-bond acceptors (Lipinski definition) is 5. The molecule has 1 saturated heterocycles. The molecule has 2 aromatic rings. The van der Waals surface area contributed by atoms with Crippen LogP contribution >= 0.6 is 0 Å². The van der Waals surface area contributed by atoms with E-state index in [9.17, 15) is 0 Å². The molecule has 1 aliphatic heterocycles. The largest absolute Gasteiger partial charge is 0.497 e. The summed E-state index contributed by atoms with van der Waals surface area (Å²) in [4.78, 5) is 4.71. The standard InChI is InChI=1S/C22H31N3O4/c1-26-19-7-5-18(6-8-19)16-25-22(24-12-9-20-4-2-13-28-20)23-11-3-14-29-21-10-15-27-17-21/h2,4-8,13,21H,3,9-12,14-17H2,1H3,(H2,23,24,25). The van der Waals surface area contributed by atoms with Crippen molar-refractivity contribution in [1.29, 1.82) is 0 Å². The molecule has 0 radical (unpaired) electrons. The van der Waals surface area contributed by atoms with Gasteiger partial charge in [0.25, 0.3) is 0 Å². The van der Waals surface area contributed by atoms with Gasteiger partial charge in [-0.2, -0.15) is 0 Å². The van der Waals surface area contributed by atoms with E-state index in [2.05, 4.69) is 10.6 Å². The van der Waals surface area contributed by atoms with Crippen molar-refractivity contribution in [1.82, 2.24) is 10.6 Å². The zero-order valence-corrected chi connectivity index (χ0v) is 17.1. The molecule has 0 aliphatic carbocycles. The third-order valence-electron chi connectivity index (χ3n) is 4.68. The van der Waals surface area contributed by atoms with Gasteiger partial charge >= 0.3 is 0 Å². The number of aliphatic imine (C=N–C) groups is 1. The highest BCUT2D eigenvalue weighted by Crippen LogP contribution is 2.12. The molecule has 2 heterocycles. The van der Waals surface area contributed by atoms with Gasteiger partial charge in [-0.25, -0.2) is 4.99 Å². The maximum absolute atomic E-state index is 5.82. The van der Waals surface area contributed by atoms with Gasteiger partial charge in [-0.05, 0) is 42.7 Å². The monoisotopic (exact) mass is 401 g/mol. The summed E-state index contributed by atoms with van der Waals surface area (Å²) in [6.45, 7) is 4.39. The third-order valence-corrected chi connectivity index (χ3v) is 4.68. The molecule has 7 heteroatoms. The van der Waals surface area contributed by atoms with E-state index in [0.29, 0.717) is 6.54 Å². The van der Waals surface area contributed by atoms with Gasteiger partial charge in [0.1, 0.15) is 11.5 Å². The van der Waals surface area contributed by atoms with Gasteiger partial charge in [-0.1, -0.05) is 12.1 Å². The quantitative estimate of drug-likeness (QED) is 0.343. The van der Waals surface area contributed by atoms with E-state index in [1.807, 2.05) is 36.4 Å². The fraction of sp³-hybridized carbons (Fsp3) is 0.500. The van der Waals surface area contributed by atoms with E-state index < -0.39 is 0 Å². The maximum atomic E-state index is 5.82. The number of rotatable bonds is 11. The number of nitrogens with one attached hydrogen (secondary N) is 2. The maximum Gasteiger partial charge on any atom is 0.191 e. The van der Waals surface area contributed by atoms with Crippen molar-refractivity contribution in [3.05, 3.63) is 54.0 Å². The van der Waals surface area contributed by atoms with Crippen molar-refractivity contribution in [2.24, 2.45) is 4.99 Å². The van der Waals surface area contributed by atoms with Crippen molar-refractivity contribution in [2.45, 2.75) is 31.9 Å². The van der Waals surface area contributed by atoms with Gasteiger partial charge in [0.05, 0.1) is 32.6 Å². The second-order valence-electron chi connectivity index (χ2n) is 6.91. The van der Waals surface area contributed by atoms with E-state index in [1.165, 1.54) is 0 Å². The zero-order valence-electron chi connectivity index (χ0n) is 17.1. The van der Waals surface area contributed by atoms with E-state index in [-0.39, 0.29) is 6.10 Å². The average Bonchev–Trinajstić information content (AvgIpc) is 3.46. The fourth-order valence-corrected chi connectivity index (χ4v) is 3.01. The molecule has 1 atom stereocenters. The lowest BCUT2D eigenvalue weighted by molar-refractivity contribution is 0.0420. The van der Waals surface area contributed by atoms with Crippen LogP contribution in [-0.4, -0.2) is 52.1 Å². The number of furan rings is 1. The lowest BCUT2D eigenvalue weighted by Crippen LogP contribution is -2.39. The molecule has 29 heavy (non-hydrogen) atoms. The first-order valence-electron chi connectivity index (χ1n) is 10.2. The lowest BCUT2D eigenvalue weighted by atomic mass is 10.2. The van der Waals surface area contributed by atoms with E-state index in [4.69, 9.17) is 23.6 Å². The molecular formula is C22H31N3O4. The Morgan fingerprint density at radius 2 is 2.03 bits per heavy atom. The van der Waals surface area contributed by atoms with Gasteiger partial charge in [0.2, 0.25) is 0 Å². The van der Waals surface area contributed by atoms with Crippen molar-refractivity contribution in [3.8, 4) is 5.75 Å². The van der Waals surface area contributed by atoms with Crippen molar-refractivity contribution in [3.63, 3.8) is 0 Å². The SMILES string of the molecule is COc1ccc(CN=C(NCCCOC2CCOC2)NCCc2ccco2)cc1. The van der Waals surface area contributed by atoms with Crippen LogP contribution in [0.2, 0.25) is 0 Å². The first kappa shape index (κ1) is 21.2. The van der Waals surface area contributed by atoms with Gasteiger partial charge in [0, 0.05) is 32.7 Å². The Labute approximate surface area is 172 Å². The predicted molar refractivity (Wildman–Crippen MR) is 112 cm³/mol. The lowest BCUT2D eigenvalue weighted by Gasteiger charge is -2.14. The summed E-state index contributed by atoms with van der Waals surface area (Å²) >= 11 is 0. The molecule has 0 spiro atoms. The Kier molecular flexibility index (Phi) is 8.88. The molecule has 1 aromatic heterocycles. The smallest absolute Gasteiger partial charge is 0.191 e. The minimum Gasteiger partial charge on any atom is -0.497 e. The Morgan fingerprint density at radius 3 is 2.76 bits per heavy atom. The second kappa shape index (κ2) is 12.1. The minimum atomic E-state index is 0.254. The summed E-state index contributed by atoms with van der Waals surface area (Å²) in [5.74, 6) is 2.59. The van der Waals surface area contributed by atoms with Gasteiger partial charge in [-0.3, -0.25) is 0 Å². The van der Waals surface area contributed by atoms with Crippen LogP contribution in [0.15, 0.2) is 52.1 Å². The van der Waals surface area contributed by atoms with Crippen LogP contribution in [0.25, 0.3) is 0 Å². The van der Waals surface area contributed by atoms with Crippen LogP contribution in [0.3, 0.4) is 0 Å². The van der Waals surface area contributed by atoms with E-state index >= 15 is 0 Å². The Hall–Kier alpha value is -2.51. The van der Waals surface area contributed by atoms with Gasteiger partial charge in [-0.15, -0.1) is 0 Å². The molecule has 3 rings (SSSR count). The summed E-state index contributed by atoms with van der Waals surface area (Å²) < 4.78 is 21.7. The summed E-state index contributed by atoms with van der Waals surface area (Å²) in [5.41, 5.74) is 1.13. The van der Waals surface area contributed by atoms with Crippen LogP contribution in [0.1, 0.15) is 24.2 Å². The summed E-state index contributed by atoms with van der Waals surface area (Å²) in [7, 11) is 1.67. The molecule has 1 unspecified atom stereocenters. The summed E-state index contributed by atoms with van der Waals surface area (Å²) in [6.07, 6.45) is 4.67. The van der Waals surface area contributed by atoms with Crippen molar-refractivity contribution < 1.29 is 18.6 Å². The highest BCUT2D eigenvalue weighted by atomic mass is 16.5. The summed E-state index contributed by atoms with van der Waals surface area (Å²) in [6, 6.07) is 11.8. The van der Waals surface area contributed by atoms with Gasteiger partial charge < -0.3 is 29.3 Å². The van der Waals surface area contributed by atoms with Crippen LogP contribution in [0.4, 0.5) is 0 Å². The van der Waals surface area contributed by atoms with Crippen LogP contribution in [0.5, 0.6) is 5.75 Å². The number of nitrogens with zero attached hydrogens (tertiary/aromatic N) is 1. The first-order chi connectivity index (χ1) is 14.3. The van der Waals surface area contributed by atoms with Crippen molar-refractivity contribution in [2.75, 3.05) is 40.0 Å². The molecule has 1 fully saturated rings. The van der Waals surface area contributed by atoms with Crippen LogP contribution in [-0.2, 0) is 22.4 Å². The molecule has 158 valence electrons. The molecule has 2 N–H and O–H groups in total. The van der Waals surface area contributed by atoms with Crippen LogP contribution in [0, 0.1) is 0 Å². The number of benzene rings is 1. The Morgan fingerprint density at radius 1 is 1.17 bits per heavy atom. The third kappa shape index (κ3) is 7.79.